The van der Waals surface area contributed by atoms with E-state index in [0.29, 0.717) is 23.3 Å². The second-order valence-corrected chi connectivity index (χ2v) is 19.2. The maximum absolute atomic E-state index is 5.51. The predicted molar refractivity (Wildman–Crippen MR) is 308 cm³/mol. The molecule has 9 aromatic carbocycles. The summed E-state index contributed by atoms with van der Waals surface area (Å²) in [6.45, 7) is 13.2. The standard InChI is InChI=1S/C68H56N6/c1-45-36-47(3)65(48(4)37-45)74(66-49(5)38-46(2)39-50(66)6)60-34-32-59(33-35-60)73(63-43-61(53-26-16-9-17-27-53)69-67(71-63)54-28-18-10-19-29-54)64-44-62(70-68(72-64)55-30-20-11-21-31-55)58-41-56(51-22-12-7-13-23-51)40-57(42-58)52-24-14-8-15-25-52/h7-44H,1-6H3. The van der Waals surface area contributed by atoms with Crippen molar-refractivity contribution in [3.05, 3.63) is 264 Å². The van der Waals surface area contributed by atoms with Gasteiger partial charge in [-0.05, 0) is 129 Å². The van der Waals surface area contributed by atoms with E-state index in [2.05, 4.69) is 227 Å². The van der Waals surface area contributed by atoms with Gasteiger partial charge >= 0.3 is 0 Å². The first-order chi connectivity index (χ1) is 36.1. The highest BCUT2D eigenvalue weighted by molar-refractivity contribution is 5.87. The summed E-state index contributed by atoms with van der Waals surface area (Å²) in [5.74, 6) is 2.50. The highest BCUT2D eigenvalue weighted by Crippen LogP contribution is 2.45. The second kappa shape index (κ2) is 20.5. The summed E-state index contributed by atoms with van der Waals surface area (Å²) in [5.41, 5.74) is 21.3. The van der Waals surface area contributed by atoms with Crippen LogP contribution in [-0.4, -0.2) is 19.9 Å². The van der Waals surface area contributed by atoms with E-state index in [4.69, 9.17) is 19.9 Å². The molecule has 0 amide bonds. The molecule has 0 fully saturated rings. The summed E-state index contributed by atoms with van der Waals surface area (Å²) in [4.78, 5) is 26.2. The lowest BCUT2D eigenvalue weighted by Gasteiger charge is -2.32. The van der Waals surface area contributed by atoms with Crippen LogP contribution in [0.15, 0.2) is 231 Å². The Balaban J connectivity index is 1.17. The summed E-state index contributed by atoms with van der Waals surface area (Å²) >= 11 is 0. The van der Waals surface area contributed by atoms with Crippen LogP contribution in [0.1, 0.15) is 33.4 Å². The summed E-state index contributed by atoms with van der Waals surface area (Å²) in [6, 6.07) is 80.8. The lowest BCUT2D eigenvalue weighted by atomic mass is 9.95. The molecule has 0 unspecified atom stereocenters. The van der Waals surface area contributed by atoms with Crippen molar-refractivity contribution in [1.82, 2.24) is 19.9 Å². The molecule has 0 aliphatic rings. The zero-order chi connectivity index (χ0) is 50.7. The molecule has 0 radical (unpaired) electrons. The Kier molecular flexibility index (Phi) is 13.0. The molecule has 0 saturated heterocycles. The smallest absolute Gasteiger partial charge is 0.162 e. The fourth-order valence-electron chi connectivity index (χ4n) is 10.4. The second-order valence-electron chi connectivity index (χ2n) is 19.2. The largest absolute Gasteiger partial charge is 0.309 e. The fourth-order valence-corrected chi connectivity index (χ4v) is 10.4. The first-order valence-electron chi connectivity index (χ1n) is 25.2. The number of anilines is 6. The van der Waals surface area contributed by atoms with Gasteiger partial charge < -0.3 is 4.90 Å². The van der Waals surface area contributed by atoms with Crippen LogP contribution in [0.5, 0.6) is 0 Å². The van der Waals surface area contributed by atoms with Crippen molar-refractivity contribution in [3.63, 3.8) is 0 Å². The normalized spacial score (nSPS) is 11.1. The molecule has 11 aromatic rings. The van der Waals surface area contributed by atoms with Crippen molar-refractivity contribution >= 4 is 34.4 Å². The minimum Gasteiger partial charge on any atom is -0.309 e. The van der Waals surface area contributed by atoms with Crippen LogP contribution < -0.4 is 9.80 Å². The molecule has 0 atom stereocenters. The molecule has 2 heterocycles. The van der Waals surface area contributed by atoms with Crippen molar-refractivity contribution in [2.45, 2.75) is 41.5 Å². The Morgan fingerprint density at radius 1 is 0.257 bits per heavy atom. The Hall–Kier alpha value is -9.26. The van der Waals surface area contributed by atoms with Gasteiger partial charge in [0, 0.05) is 45.8 Å². The maximum Gasteiger partial charge on any atom is 0.162 e. The van der Waals surface area contributed by atoms with Crippen molar-refractivity contribution in [1.29, 1.82) is 0 Å². The minimum atomic E-state index is 0.591. The summed E-state index contributed by atoms with van der Waals surface area (Å²) < 4.78 is 0. The average Bonchev–Trinajstić information content (AvgIpc) is 3.43. The Labute approximate surface area is 435 Å². The van der Waals surface area contributed by atoms with E-state index in [9.17, 15) is 0 Å². The monoisotopic (exact) mass is 956 g/mol. The van der Waals surface area contributed by atoms with Crippen molar-refractivity contribution in [3.8, 4) is 67.5 Å². The van der Waals surface area contributed by atoms with Gasteiger partial charge in [0.1, 0.15) is 11.6 Å². The SMILES string of the molecule is Cc1cc(C)c(N(c2ccc(N(c3cc(-c4ccccc4)nc(-c4ccccc4)n3)c3cc(-c4cc(-c5ccccc5)cc(-c5ccccc5)c4)nc(-c4ccccc4)n3)cc2)c2c(C)cc(C)cc2C)c(C)c1. The van der Waals surface area contributed by atoms with Crippen LogP contribution in [0.2, 0.25) is 0 Å². The molecule has 6 heteroatoms. The summed E-state index contributed by atoms with van der Waals surface area (Å²) in [5, 5.41) is 0. The van der Waals surface area contributed by atoms with E-state index in [1.807, 2.05) is 54.6 Å². The first kappa shape index (κ1) is 47.1. The molecule has 358 valence electrons. The summed E-state index contributed by atoms with van der Waals surface area (Å²) in [7, 11) is 0. The zero-order valence-electron chi connectivity index (χ0n) is 42.6. The van der Waals surface area contributed by atoms with Crippen LogP contribution >= 0.6 is 0 Å². The Bertz CT molecular complexity index is 3550. The molecule has 0 bridgehead atoms. The van der Waals surface area contributed by atoms with Crippen LogP contribution in [0.4, 0.5) is 34.4 Å². The van der Waals surface area contributed by atoms with E-state index in [-0.39, 0.29) is 0 Å². The molecule has 0 saturated carbocycles. The zero-order valence-corrected chi connectivity index (χ0v) is 42.6. The number of benzene rings is 9. The highest BCUT2D eigenvalue weighted by atomic mass is 15.3. The fraction of sp³-hybridized carbons (Fsp3) is 0.0882. The van der Waals surface area contributed by atoms with Gasteiger partial charge in [0.2, 0.25) is 0 Å². The first-order valence-corrected chi connectivity index (χ1v) is 25.2. The Morgan fingerprint density at radius 2 is 0.568 bits per heavy atom. The lowest BCUT2D eigenvalue weighted by molar-refractivity contribution is 1.07. The maximum atomic E-state index is 5.51. The molecule has 0 aliphatic carbocycles. The van der Waals surface area contributed by atoms with Gasteiger partial charge in [0.05, 0.1) is 22.8 Å². The number of aryl methyl sites for hydroxylation is 6. The topological polar surface area (TPSA) is 58.0 Å². The highest BCUT2D eigenvalue weighted by Gasteiger charge is 2.25. The molecule has 11 rings (SSSR count). The number of nitrogens with zero attached hydrogens (tertiary/aromatic N) is 6. The third kappa shape index (κ3) is 9.73. The van der Waals surface area contributed by atoms with Gasteiger partial charge in [-0.1, -0.05) is 187 Å². The van der Waals surface area contributed by atoms with Gasteiger partial charge in [-0.25, -0.2) is 19.9 Å². The van der Waals surface area contributed by atoms with E-state index in [1.54, 1.807) is 0 Å². The van der Waals surface area contributed by atoms with Gasteiger partial charge in [-0.3, -0.25) is 4.90 Å². The molecule has 0 N–H and O–H groups in total. The van der Waals surface area contributed by atoms with Crippen molar-refractivity contribution in [2.24, 2.45) is 0 Å². The van der Waals surface area contributed by atoms with E-state index in [0.717, 1.165) is 67.3 Å². The lowest BCUT2D eigenvalue weighted by Crippen LogP contribution is -2.17. The van der Waals surface area contributed by atoms with Crippen LogP contribution in [0.25, 0.3) is 67.5 Å². The minimum absolute atomic E-state index is 0.591. The van der Waals surface area contributed by atoms with E-state index >= 15 is 0 Å². The molecule has 2 aromatic heterocycles. The Morgan fingerprint density at radius 3 is 0.946 bits per heavy atom. The van der Waals surface area contributed by atoms with Gasteiger partial charge in [-0.2, -0.15) is 0 Å². The predicted octanol–water partition coefficient (Wildman–Crippen LogP) is 18.1. The van der Waals surface area contributed by atoms with E-state index < -0.39 is 0 Å². The number of hydrogen-bond donors (Lipinski definition) is 0. The average molecular weight is 957 g/mol. The molecule has 0 spiro atoms. The third-order valence-electron chi connectivity index (χ3n) is 13.5. The quantitative estimate of drug-likeness (QED) is 0.122. The number of hydrogen-bond acceptors (Lipinski definition) is 6. The van der Waals surface area contributed by atoms with Gasteiger partial charge in [0.15, 0.2) is 11.6 Å². The molecular formula is C68H56N6. The van der Waals surface area contributed by atoms with Crippen LogP contribution in [0, 0.1) is 41.5 Å². The molecular weight excluding hydrogens is 901 g/mol. The molecule has 6 nitrogen and oxygen atoms in total. The van der Waals surface area contributed by atoms with Crippen LogP contribution in [0.3, 0.4) is 0 Å². The number of aromatic nitrogens is 4. The summed E-state index contributed by atoms with van der Waals surface area (Å²) in [6.07, 6.45) is 0. The molecule has 74 heavy (non-hydrogen) atoms. The van der Waals surface area contributed by atoms with Crippen molar-refractivity contribution < 1.29 is 0 Å². The number of rotatable bonds is 12. The third-order valence-corrected chi connectivity index (χ3v) is 13.5. The van der Waals surface area contributed by atoms with Crippen LogP contribution in [-0.2, 0) is 0 Å². The van der Waals surface area contributed by atoms with Gasteiger partial charge in [-0.15, -0.1) is 0 Å². The van der Waals surface area contributed by atoms with E-state index in [1.165, 1.54) is 44.8 Å². The van der Waals surface area contributed by atoms with Crippen molar-refractivity contribution in [2.75, 3.05) is 9.80 Å². The molecule has 0 aliphatic heterocycles. The van der Waals surface area contributed by atoms with Gasteiger partial charge in [0.25, 0.3) is 0 Å².